The number of benzene rings is 1. The number of aromatic nitrogens is 3. The Morgan fingerprint density at radius 2 is 2.00 bits per heavy atom. The Bertz CT molecular complexity index is 627. The van der Waals surface area contributed by atoms with E-state index in [-0.39, 0.29) is 17.4 Å². The van der Waals surface area contributed by atoms with Crippen LogP contribution in [0.3, 0.4) is 0 Å². The average Bonchev–Trinajstić information content (AvgIpc) is 2.90. The number of hydrogen-bond acceptors (Lipinski definition) is 5. The number of carbonyl (C=O) groups excluding carboxylic acids is 1. The van der Waals surface area contributed by atoms with Gasteiger partial charge in [0, 0.05) is 7.05 Å². The maximum absolute atomic E-state index is 12.9. The molecule has 1 aromatic heterocycles. The molecule has 8 heteroatoms. The van der Waals surface area contributed by atoms with E-state index in [1.165, 1.54) is 43.2 Å². The largest absolute Gasteiger partial charge is 0.475 e. The summed E-state index contributed by atoms with van der Waals surface area (Å²) >= 11 is 0. The smallest absolute Gasteiger partial charge is 0.303 e. The summed E-state index contributed by atoms with van der Waals surface area (Å²) in [6.45, 7) is 2.10. The first-order valence-electron chi connectivity index (χ1n) is 6.25. The zero-order chi connectivity index (χ0) is 15.4. The molecule has 2 aromatic rings. The van der Waals surface area contributed by atoms with Gasteiger partial charge in [-0.3, -0.25) is 9.63 Å². The standard InChI is InChI=1S/C13H15FN4O3/c1-4-21-12-11(13(19)17(2)20-3)15-18(16-12)10-7-5-9(14)6-8-10/h5-8H,4H2,1-3H3. The molecule has 0 atom stereocenters. The first-order chi connectivity index (χ1) is 10.1. The van der Waals surface area contributed by atoms with Gasteiger partial charge in [0.25, 0.3) is 5.88 Å². The molecular weight excluding hydrogens is 279 g/mol. The van der Waals surface area contributed by atoms with Gasteiger partial charge in [-0.25, -0.2) is 9.45 Å². The van der Waals surface area contributed by atoms with Crippen molar-refractivity contribution in [1.29, 1.82) is 0 Å². The SMILES string of the molecule is CCOc1nn(-c2ccc(F)cc2)nc1C(=O)N(C)OC. The van der Waals surface area contributed by atoms with Gasteiger partial charge in [0.1, 0.15) is 5.82 Å². The first kappa shape index (κ1) is 14.9. The fourth-order valence-corrected chi connectivity index (χ4v) is 1.58. The zero-order valence-electron chi connectivity index (χ0n) is 11.9. The minimum Gasteiger partial charge on any atom is -0.475 e. The fraction of sp³-hybridized carbons (Fsp3) is 0.308. The third kappa shape index (κ3) is 3.16. The van der Waals surface area contributed by atoms with E-state index in [9.17, 15) is 9.18 Å². The predicted octanol–water partition coefficient (Wildman–Crippen LogP) is 1.44. The third-order valence-electron chi connectivity index (χ3n) is 2.68. The molecule has 21 heavy (non-hydrogen) atoms. The molecule has 0 aliphatic rings. The average molecular weight is 294 g/mol. The van der Waals surface area contributed by atoms with Gasteiger partial charge >= 0.3 is 5.91 Å². The lowest BCUT2D eigenvalue weighted by atomic mass is 10.3. The van der Waals surface area contributed by atoms with E-state index in [0.717, 1.165) is 5.06 Å². The lowest BCUT2D eigenvalue weighted by molar-refractivity contribution is -0.0762. The molecule has 0 aliphatic carbocycles. The highest BCUT2D eigenvalue weighted by Crippen LogP contribution is 2.17. The zero-order valence-corrected chi connectivity index (χ0v) is 11.9. The highest BCUT2D eigenvalue weighted by atomic mass is 19.1. The second-order valence-corrected chi connectivity index (χ2v) is 4.04. The van der Waals surface area contributed by atoms with E-state index in [0.29, 0.717) is 12.3 Å². The van der Waals surface area contributed by atoms with Crippen LogP contribution in [0.2, 0.25) is 0 Å². The summed E-state index contributed by atoms with van der Waals surface area (Å²) in [5.74, 6) is -0.767. The van der Waals surface area contributed by atoms with Gasteiger partial charge in [-0.1, -0.05) is 0 Å². The number of hydrogen-bond donors (Lipinski definition) is 0. The Labute approximate surface area is 120 Å². The van der Waals surface area contributed by atoms with Gasteiger partial charge in [0.15, 0.2) is 0 Å². The molecule has 0 radical (unpaired) electrons. The highest BCUT2D eigenvalue weighted by Gasteiger charge is 2.24. The second kappa shape index (κ2) is 6.31. The molecule has 0 N–H and O–H groups in total. The molecule has 0 bridgehead atoms. The third-order valence-corrected chi connectivity index (χ3v) is 2.68. The summed E-state index contributed by atoms with van der Waals surface area (Å²) in [4.78, 5) is 18.2. The van der Waals surface area contributed by atoms with Crippen LogP contribution in [-0.2, 0) is 4.84 Å². The van der Waals surface area contributed by atoms with Crippen molar-refractivity contribution in [2.45, 2.75) is 6.92 Å². The fourth-order valence-electron chi connectivity index (χ4n) is 1.58. The van der Waals surface area contributed by atoms with Crippen LogP contribution in [0, 0.1) is 5.82 Å². The maximum atomic E-state index is 12.9. The van der Waals surface area contributed by atoms with Crippen molar-refractivity contribution in [1.82, 2.24) is 20.1 Å². The normalized spacial score (nSPS) is 10.5. The van der Waals surface area contributed by atoms with Gasteiger partial charge in [0.05, 0.1) is 19.4 Å². The molecule has 0 saturated carbocycles. The minimum absolute atomic E-state index is 0.0190. The number of halogens is 1. The maximum Gasteiger partial charge on any atom is 0.303 e. The van der Waals surface area contributed by atoms with Crippen LogP contribution >= 0.6 is 0 Å². The van der Waals surface area contributed by atoms with Gasteiger partial charge in [-0.15, -0.1) is 15.0 Å². The van der Waals surface area contributed by atoms with Gasteiger partial charge in [-0.05, 0) is 31.2 Å². The van der Waals surface area contributed by atoms with Crippen molar-refractivity contribution in [3.8, 4) is 11.6 Å². The van der Waals surface area contributed by atoms with Crippen molar-refractivity contribution in [3.05, 3.63) is 35.8 Å². The molecule has 0 unspecified atom stereocenters. The van der Waals surface area contributed by atoms with Crippen LogP contribution in [0.4, 0.5) is 4.39 Å². The Morgan fingerprint density at radius 3 is 2.57 bits per heavy atom. The van der Waals surface area contributed by atoms with Gasteiger partial charge in [-0.2, -0.15) is 0 Å². The van der Waals surface area contributed by atoms with E-state index in [2.05, 4.69) is 10.2 Å². The summed E-state index contributed by atoms with van der Waals surface area (Å²) in [6.07, 6.45) is 0. The van der Waals surface area contributed by atoms with Gasteiger partial charge < -0.3 is 4.74 Å². The Morgan fingerprint density at radius 1 is 1.33 bits per heavy atom. The summed E-state index contributed by atoms with van der Waals surface area (Å²) in [7, 11) is 2.82. The molecule has 7 nitrogen and oxygen atoms in total. The van der Waals surface area contributed by atoms with Crippen LogP contribution in [0.5, 0.6) is 5.88 Å². The Balaban J connectivity index is 2.41. The molecule has 112 valence electrons. The summed E-state index contributed by atoms with van der Waals surface area (Å²) < 4.78 is 18.2. The topological polar surface area (TPSA) is 69.5 Å². The number of rotatable bonds is 5. The molecule has 1 heterocycles. The number of ether oxygens (including phenoxy) is 1. The number of amides is 1. The second-order valence-electron chi connectivity index (χ2n) is 4.04. The molecule has 1 amide bonds. The van der Waals surface area contributed by atoms with Crippen LogP contribution in [0.1, 0.15) is 17.4 Å². The van der Waals surface area contributed by atoms with Crippen molar-refractivity contribution in [2.24, 2.45) is 0 Å². The number of nitrogens with zero attached hydrogens (tertiary/aromatic N) is 4. The van der Waals surface area contributed by atoms with Crippen molar-refractivity contribution >= 4 is 5.91 Å². The lowest BCUT2D eigenvalue weighted by Gasteiger charge is -2.11. The minimum atomic E-state index is -0.491. The monoisotopic (exact) mass is 294 g/mol. The van der Waals surface area contributed by atoms with Crippen LogP contribution in [-0.4, -0.2) is 46.7 Å². The summed E-state index contributed by atoms with van der Waals surface area (Å²) in [6, 6.07) is 5.56. The molecule has 1 aromatic carbocycles. The van der Waals surface area contributed by atoms with Crippen molar-refractivity contribution in [3.63, 3.8) is 0 Å². The Kier molecular flexibility index (Phi) is 4.49. The highest BCUT2D eigenvalue weighted by molar-refractivity contribution is 5.93. The quantitative estimate of drug-likeness (QED) is 0.780. The van der Waals surface area contributed by atoms with E-state index in [4.69, 9.17) is 9.57 Å². The van der Waals surface area contributed by atoms with E-state index < -0.39 is 5.91 Å². The van der Waals surface area contributed by atoms with Crippen LogP contribution in [0.15, 0.2) is 24.3 Å². The molecule has 0 saturated heterocycles. The molecule has 2 rings (SSSR count). The summed E-state index contributed by atoms with van der Waals surface area (Å²) in [5, 5.41) is 9.20. The lowest BCUT2D eigenvalue weighted by Crippen LogP contribution is -2.26. The molecule has 0 fully saturated rings. The van der Waals surface area contributed by atoms with E-state index in [1.54, 1.807) is 6.92 Å². The van der Waals surface area contributed by atoms with E-state index in [1.807, 2.05) is 0 Å². The van der Waals surface area contributed by atoms with Crippen molar-refractivity contribution in [2.75, 3.05) is 20.8 Å². The number of carbonyl (C=O) groups is 1. The molecule has 0 spiro atoms. The van der Waals surface area contributed by atoms with Crippen LogP contribution in [0.25, 0.3) is 5.69 Å². The number of hydroxylamine groups is 2. The van der Waals surface area contributed by atoms with E-state index >= 15 is 0 Å². The predicted molar refractivity (Wildman–Crippen MR) is 71.6 cm³/mol. The van der Waals surface area contributed by atoms with Crippen LogP contribution < -0.4 is 4.74 Å². The van der Waals surface area contributed by atoms with Gasteiger partial charge in [0.2, 0.25) is 5.69 Å². The Hall–Kier alpha value is -2.48. The summed E-state index contributed by atoms with van der Waals surface area (Å²) in [5.41, 5.74) is 0.530. The molecule has 0 aliphatic heterocycles. The first-order valence-corrected chi connectivity index (χ1v) is 6.25. The van der Waals surface area contributed by atoms with Crippen molar-refractivity contribution < 1.29 is 18.8 Å². The molecular formula is C13H15FN4O3.